The second-order valence-electron chi connectivity index (χ2n) is 16.3. The molecule has 50 heavy (non-hydrogen) atoms. The molecule has 0 aromatic heterocycles. The largest absolute Gasteiger partial charge is 1.00 e. The van der Waals surface area contributed by atoms with Gasteiger partial charge in [0.25, 0.3) is 0 Å². The van der Waals surface area contributed by atoms with Gasteiger partial charge in [-0.3, -0.25) is 0 Å². The number of hydrogen-bond donors (Lipinski definition) is 0. The summed E-state index contributed by atoms with van der Waals surface area (Å²) in [4.78, 5) is 0. The zero-order valence-corrected chi connectivity index (χ0v) is 40.7. The van der Waals surface area contributed by atoms with Crippen molar-refractivity contribution in [1.29, 1.82) is 0 Å². The van der Waals surface area contributed by atoms with Crippen LogP contribution < -0.4 is 37.2 Å². The topological polar surface area (TPSA) is 0 Å². The Kier molecular flexibility index (Phi) is 32.8. The third kappa shape index (κ3) is 18.0. The molecule has 3 radical (unpaired) electrons. The molecule has 7 rings (SSSR count). The van der Waals surface area contributed by atoms with Crippen LogP contribution in [0.5, 0.6) is 0 Å². The first-order valence-corrected chi connectivity index (χ1v) is 24.0. The van der Waals surface area contributed by atoms with Gasteiger partial charge in [0.1, 0.15) is 0 Å². The number of hydrogen-bond acceptors (Lipinski definition) is 0. The normalized spacial score (nSPS) is 23.2. The zero-order valence-electron chi connectivity index (χ0n) is 32.0. The Labute approximate surface area is 360 Å². The van der Waals surface area contributed by atoms with E-state index in [4.69, 9.17) is 0 Å². The van der Waals surface area contributed by atoms with E-state index in [1.165, 1.54) is 78.0 Å². The maximum absolute atomic E-state index is 2.08. The number of halogens is 3. The van der Waals surface area contributed by atoms with E-state index in [1.807, 2.05) is 18.2 Å². The molecule has 6 aliphatic rings. The number of benzene rings is 1. The molecule has 1 aromatic rings. The van der Waals surface area contributed by atoms with Gasteiger partial charge >= 0.3 is 0 Å². The molecule has 0 bridgehead atoms. The quantitative estimate of drug-likeness (QED) is 0.259. The average molecular weight is 1020 g/mol. The minimum atomic E-state index is 0. The molecule has 6 fully saturated rings. The molecule has 0 amide bonds. The van der Waals surface area contributed by atoms with E-state index in [9.17, 15) is 0 Å². The molecule has 0 unspecified atom stereocenters. The summed E-state index contributed by atoms with van der Waals surface area (Å²) in [6.45, 7) is 2.08. The van der Waals surface area contributed by atoms with Crippen molar-refractivity contribution in [2.45, 2.75) is 234 Å². The standard InChI is InChI=1S/2C18H33P.C7H8.3ClH.Ga.Pt/c2*1-4-10-16(11-5-1)19(17-12-6-2-7-13-17)18-14-8-3-9-15-18;1-7-5-3-2-4-6-7;;;;;/h2*16-18H,1-15H2;2-6H,1H3;3*1H;;/p-3. The van der Waals surface area contributed by atoms with Gasteiger partial charge in [-0.2, -0.15) is 0 Å². The van der Waals surface area contributed by atoms with E-state index in [1.54, 1.807) is 154 Å². The number of rotatable bonds is 6. The second-order valence-corrected chi connectivity index (χ2v) is 22.5. The molecular formula is C43H74Cl3GaP2Pt-3. The molecule has 0 N–H and O–H groups in total. The van der Waals surface area contributed by atoms with Crippen molar-refractivity contribution in [1.82, 2.24) is 0 Å². The van der Waals surface area contributed by atoms with E-state index >= 15 is 0 Å². The Bertz CT molecular complexity index is 738. The Hall–Kier alpha value is 2.27. The first kappa shape index (κ1) is 52.3. The van der Waals surface area contributed by atoms with Crippen molar-refractivity contribution in [3.8, 4) is 0 Å². The van der Waals surface area contributed by atoms with Crippen LogP contribution >= 0.6 is 15.8 Å². The zero-order chi connectivity index (χ0) is 30.9. The maximum atomic E-state index is 2.08. The summed E-state index contributed by atoms with van der Waals surface area (Å²) in [5, 5.41) is 0. The van der Waals surface area contributed by atoms with Gasteiger partial charge in [-0.1, -0.05) is 167 Å². The van der Waals surface area contributed by atoms with E-state index in [0.29, 0.717) is 15.8 Å². The van der Waals surface area contributed by atoms with E-state index in [2.05, 4.69) is 19.1 Å². The van der Waals surface area contributed by atoms with Crippen LogP contribution in [0.1, 0.15) is 198 Å². The third-order valence-electron chi connectivity index (χ3n) is 12.9. The first-order valence-electron chi connectivity index (χ1n) is 20.9. The van der Waals surface area contributed by atoms with Gasteiger partial charge in [0, 0.05) is 40.9 Å². The SMILES string of the molecule is C1CCC(P(C2CCCCC2)C2CCCCC2)CC1.C1CCC(P(C2CCCCC2)C2CCCCC2)CC1.Cc1ccccc1.[Cl-].[Cl-].[Cl-].[Ga].[Pt]. The van der Waals surface area contributed by atoms with Crippen LogP contribution in [0.4, 0.5) is 0 Å². The Balaban J connectivity index is 0.000000744. The van der Waals surface area contributed by atoms with Crippen molar-refractivity contribution >= 4 is 35.6 Å². The molecule has 0 nitrogen and oxygen atoms in total. The summed E-state index contributed by atoms with van der Waals surface area (Å²) >= 11 is 0. The smallest absolute Gasteiger partial charge is 0 e. The van der Waals surface area contributed by atoms with Gasteiger partial charge in [-0.25, -0.2) is 0 Å². The van der Waals surface area contributed by atoms with Crippen LogP contribution in [0.3, 0.4) is 0 Å². The van der Waals surface area contributed by atoms with Crippen LogP contribution in [0, 0.1) is 6.92 Å². The Morgan fingerprint density at radius 2 is 0.520 bits per heavy atom. The number of aryl methyl sites for hydroxylation is 1. The summed E-state index contributed by atoms with van der Waals surface area (Å²) in [7, 11) is 0.770. The monoisotopic (exact) mass is 1020 g/mol. The summed E-state index contributed by atoms with van der Waals surface area (Å²) in [5.41, 5.74) is 8.46. The van der Waals surface area contributed by atoms with Crippen molar-refractivity contribution in [3.05, 3.63) is 35.9 Å². The predicted octanol–water partition coefficient (Wildman–Crippen LogP) is 5.56. The Morgan fingerprint density at radius 1 is 0.340 bits per heavy atom. The van der Waals surface area contributed by atoms with Crippen molar-refractivity contribution < 1.29 is 58.3 Å². The molecule has 1 aromatic carbocycles. The van der Waals surface area contributed by atoms with Crippen LogP contribution in [0.2, 0.25) is 0 Å². The summed E-state index contributed by atoms with van der Waals surface area (Å²) in [5.74, 6) is 0. The molecule has 6 aliphatic carbocycles. The van der Waals surface area contributed by atoms with Crippen molar-refractivity contribution in [2.24, 2.45) is 0 Å². The van der Waals surface area contributed by atoms with E-state index in [0.717, 1.165) is 0 Å². The average Bonchev–Trinajstić information content (AvgIpc) is 3.12. The molecule has 0 heterocycles. The van der Waals surface area contributed by atoms with Crippen molar-refractivity contribution in [2.75, 3.05) is 0 Å². The maximum Gasteiger partial charge on any atom is 0 e. The molecule has 0 saturated heterocycles. The molecular weight excluding hydrogens is 950 g/mol. The van der Waals surface area contributed by atoms with E-state index in [-0.39, 0.29) is 78.1 Å². The third-order valence-corrected chi connectivity index (χ3v) is 21.1. The Morgan fingerprint density at radius 3 is 0.660 bits per heavy atom. The molecule has 0 spiro atoms. The summed E-state index contributed by atoms with van der Waals surface area (Å²) in [6, 6.07) is 10.3. The predicted molar refractivity (Wildman–Crippen MR) is 212 cm³/mol. The van der Waals surface area contributed by atoms with Gasteiger partial charge < -0.3 is 37.2 Å². The van der Waals surface area contributed by atoms with E-state index < -0.39 is 0 Å². The molecule has 0 aliphatic heterocycles. The minimum absolute atomic E-state index is 0. The van der Waals surface area contributed by atoms with Gasteiger partial charge in [-0.05, 0) is 118 Å². The van der Waals surface area contributed by atoms with Gasteiger partial charge in [0.05, 0.1) is 0 Å². The fourth-order valence-corrected chi connectivity index (χ4v) is 19.9. The van der Waals surface area contributed by atoms with Gasteiger partial charge in [-0.15, -0.1) is 0 Å². The van der Waals surface area contributed by atoms with Crippen LogP contribution in [0.15, 0.2) is 30.3 Å². The molecule has 0 atom stereocenters. The van der Waals surface area contributed by atoms with Crippen LogP contribution in [0.25, 0.3) is 0 Å². The molecule has 293 valence electrons. The van der Waals surface area contributed by atoms with Gasteiger partial charge in [0.15, 0.2) is 0 Å². The summed E-state index contributed by atoms with van der Waals surface area (Å²) < 4.78 is 0. The first-order chi connectivity index (χ1) is 22.3. The van der Waals surface area contributed by atoms with Crippen LogP contribution in [-0.4, -0.2) is 53.7 Å². The van der Waals surface area contributed by atoms with Gasteiger partial charge in [0.2, 0.25) is 0 Å². The summed E-state index contributed by atoms with van der Waals surface area (Å²) in [6.07, 6.45) is 47.2. The molecule has 6 saturated carbocycles. The second kappa shape index (κ2) is 31.4. The minimum Gasteiger partial charge on any atom is -1.00 e. The fourth-order valence-electron chi connectivity index (χ4n) is 10.6. The fraction of sp³-hybridized carbons (Fsp3) is 0.860. The van der Waals surface area contributed by atoms with Crippen molar-refractivity contribution in [3.63, 3.8) is 0 Å². The van der Waals surface area contributed by atoms with Crippen LogP contribution in [-0.2, 0) is 21.1 Å². The molecule has 7 heteroatoms.